The number of Topliss-reactive ketones (excluding diaryl/α,β-unsaturated/α-hetero) is 1. The van der Waals surface area contributed by atoms with Crippen LogP contribution in [-0.4, -0.2) is 29.7 Å². The van der Waals surface area contributed by atoms with Gasteiger partial charge in [0.1, 0.15) is 0 Å². The number of benzene rings is 1. The van der Waals surface area contributed by atoms with Crippen LogP contribution in [-0.2, 0) is 13.0 Å². The minimum Gasteiger partial charge on any atom is -0.378 e. The molecule has 0 spiro atoms. The normalized spacial score (nSPS) is 10.5. The van der Waals surface area contributed by atoms with Crippen molar-refractivity contribution in [2.45, 2.75) is 19.9 Å². The molecule has 1 heterocycles. The highest BCUT2D eigenvalue weighted by Gasteiger charge is 2.09. The lowest BCUT2D eigenvalue weighted by Gasteiger charge is -2.12. The molecule has 2 rings (SSSR count). The number of carbonyl (C=O) groups excluding carboxylic acids is 1. The zero-order valence-corrected chi connectivity index (χ0v) is 11.6. The van der Waals surface area contributed by atoms with Gasteiger partial charge in [-0.15, -0.1) is 0 Å². The molecule has 19 heavy (non-hydrogen) atoms. The van der Waals surface area contributed by atoms with Gasteiger partial charge in [0, 0.05) is 44.5 Å². The molecule has 0 aliphatic carbocycles. The van der Waals surface area contributed by atoms with Gasteiger partial charge in [0.15, 0.2) is 5.78 Å². The molecule has 0 atom stereocenters. The van der Waals surface area contributed by atoms with Crippen molar-refractivity contribution < 1.29 is 4.79 Å². The monoisotopic (exact) mass is 257 g/mol. The Bertz CT molecular complexity index is 555. The fraction of sp³-hybridized carbons (Fsp3) is 0.333. The lowest BCUT2D eigenvalue weighted by molar-refractivity contribution is 0.0993. The summed E-state index contributed by atoms with van der Waals surface area (Å²) in [4.78, 5) is 14.2. The van der Waals surface area contributed by atoms with Gasteiger partial charge >= 0.3 is 0 Å². The summed E-state index contributed by atoms with van der Waals surface area (Å²) in [6.07, 6.45) is 4.09. The van der Waals surface area contributed by atoms with Gasteiger partial charge < -0.3 is 4.90 Å². The number of carbonyl (C=O) groups is 1. The molecule has 0 unspecified atom stereocenters. The van der Waals surface area contributed by atoms with E-state index >= 15 is 0 Å². The average molecular weight is 257 g/mol. The van der Waals surface area contributed by atoms with Crippen LogP contribution in [0.15, 0.2) is 36.7 Å². The molecule has 1 aromatic carbocycles. The standard InChI is InChI=1S/C15H19N3O/c1-4-18-11-12(10-16-18)9-15(19)13-5-7-14(8-6-13)17(2)3/h5-8,10-11H,4,9H2,1-3H3. The Balaban J connectivity index is 2.07. The van der Waals surface area contributed by atoms with Crippen molar-refractivity contribution in [1.29, 1.82) is 0 Å². The van der Waals surface area contributed by atoms with Crippen LogP contribution in [0.2, 0.25) is 0 Å². The van der Waals surface area contributed by atoms with E-state index in [2.05, 4.69) is 5.10 Å². The van der Waals surface area contributed by atoms with Gasteiger partial charge in [-0.1, -0.05) is 0 Å². The van der Waals surface area contributed by atoms with Crippen LogP contribution in [0.25, 0.3) is 0 Å². The lowest BCUT2D eigenvalue weighted by atomic mass is 10.0. The van der Waals surface area contributed by atoms with E-state index in [9.17, 15) is 4.79 Å². The fourth-order valence-corrected chi connectivity index (χ4v) is 1.90. The first-order valence-electron chi connectivity index (χ1n) is 6.42. The summed E-state index contributed by atoms with van der Waals surface area (Å²) in [7, 11) is 3.96. The molecule has 0 radical (unpaired) electrons. The van der Waals surface area contributed by atoms with Crippen molar-refractivity contribution in [3.63, 3.8) is 0 Å². The maximum atomic E-state index is 12.1. The third-order valence-corrected chi connectivity index (χ3v) is 3.08. The quantitative estimate of drug-likeness (QED) is 0.772. The van der Waals surface area contributed by atoms with Crippen molar-refractivity contribution in [3.05, 3.63) is 47.8 Å². The Hall–Kier alpha value is -2.10. The molecule has 2 aromatic rings. The smallest absolute Gasteiger partial charge is 0.167 e. The number of hydrogen-bond donors (Lipinski definition) is 0. The molecule has 0 N–H and O–H groups in total. The number of hydrogen-bond acceptors (Lipinski definition) is 3. The second kappa shape index (κ2) is 5.69. The molecule has 0 amide bonds. The van der Waals surface area contributed by atoms with Crippen molar-refractivity contribution in [2.24, 2.45) is 0 Å². The molecule has 4 nitrogen and oxygen atoms in total. The summed E-state index contributed by atoms with van der Waals surface area (Å²) in [5.74, 6) is 0.126. The van der Waals surface area contributed by atoms with Crippen LogP contribution in [0.5, 0.6) is 0 Å². The van der Waals surface area contributed by atoms with E-state index in [4.69, 9.17) is 0 Å². The van der Waals surface area contributed by atoms with Crippen LogP contribution in [0.3, 0.4) is 0 Å². The van der Waals surface area contributed by atoms with Crippen LogP contribution < -0.4 is 4.90 Å². The molecular formula is C15H19N3O. The molecular weight excluding hydrogens is 238 g/mol. The van der Waals surface area contributed by atoms with Gasteiger partial charge in [-0.3, -0.25) is 9.48 Å². The fourth-order valence-electron chi connectivity index (χ4n) is 1.90. The van der Waals surface area contributed by atoms with E-state index < -0.39 is 0 Å². The van der Waals surface area contributed by atoms with Crippen LogP contribution in [0.1, 0.15) is 22.8 Å². The number of nitrogens with zero attached hydrogens (tertiary/aromatic N) is 3. The van der Waals surface area contributed by atoms with E-state index in [1.165, 1.54) is 0 Å². The second-order valence-electron chi connectivity index (χ2n) is 4.75. The number of aryl methyl sites for hydroxylation is 1. The minimum absolute atomic E-state index is 0.126. The van der Waals surface area contributed by atoms with Crippen molar-refractivity contribution in [3.8, 4) is 0 Å². The summed E-state index contributed by atoms with van der Waals surface area (Å²) in [6, 6.07) is 7.68. The summed E-state index contributed by atoms with van der Waals surface area (Å²) in [5, 5.41) is 4.18. The number of ketones is 1. The molecule has 4 heteroatoms. The van der Waals surface area contributed by atoms with E-state index in [-0.39, 0.29) is 5.78 Å². The maximum absolute atomic E-state index is 12.1. The van der Waals surface area contributed by atoms with E-state index in [0.717, 1.165) is 23.4 Å². The molecule has 0 aliphatic heterocycles. The van der Waals surface area contributed by atoms with Gasteiger partial charge in [0.25, 0.3) is 0 Å². The second-order valence-corrected chi connectivity index (χ2v) is 4.75. The van der Waals surface area contributed by atoms with Crippen molar-refractivity contribution in [2.75, 3.05) is 19.0 Å². The third kappa shape index (κ3) is 3.22. The molecule has 0 bridgehead atoms. The molecule has 1 aromatic heterocycles. The summed E-state index contributed by atoms with van der Waals surface area (Å²) in [6.45, 7) is 2.85. The summed E-state index contributed by atoms with van der Waals surface area (Å²) >= 11 is 0. The number of rotatable bonds is 5. The number of anilines is 1. The molecule has 0 fully saturated rings. The van der Waals surface area contributed by atoms with Crippen molar-refractivity contribution >= 4 is 11.5 Å². The minimum atomic E-state index is 0.126. The lowest BCUT2D eigenvalue weighted by Crippen LogP contribution is -2.09. The van der Waals surface area contributed by atoms with Crippen LogP contribution in [0, 0.1) is 0 Å². The average Bonchev–Trinajstić information content (AvgIpc) is 2.86. The highest BCUT2D eigenvalue weighted by atomic mass is 16.1. The summed E-state index contributed by atoms with van der Waals surface area (Å²) in [5.41, 5.74) is 2.80. The van der Waals surface area contributed by atoms with Crippen LogP contribution >= 0.6 is 0 Å². The SMILES string of the molecule is CCn1cc(CC(=O)c2ccc(N(C)C)cc2)cn1. The predicted molar refractivity (Wildman–Crippen MR) is 76.7 cm³/mol. The molecule has 0 saturated heterocycles. The van der Waals surface area contributed by atoms with Gasteiger partial charge in [0.2, 0.25) is 0 Å². The van der Waals surface area contributed by atoms with Gasteiger partial charge in [-0.2, -0.15) is 5.10 Å². The van der Waals surface area contributed by atoms with Gasteiger partial charge in [-0.05, 0) is 36.8 Å². The van der Waals surface area contributed by atoms with Gasteiger partial charge in [-0.25, -0.2) is 0 Å². The Morgan fingerprint density at radius 3 is 2.47 bits per heavy atom. The zero-order chi connectivity index (χ0) is 13.8. The predicted octanol–water partition coefficient (Wildman–Crippen LogP) is 2.39. The van der Waals surface area contributed by atoms with Gasteiger partial charge in [0.05, 0.1) is 6.20 Å². The largest absolute Gasteiger partial charge is 0.378 e. The number of aromatic nitrogens is 2. The topological polar surface area (TPSA) is 38.1 Å². The first-order chi connectivity index (χ1) is 9.10. The Labute approximate surface area is 113 Å². The van der Waals surface area contributed by atoms with E-state index in [1.807, 2.05) is 61.1 Å². The highest BCUT2D eigenvalue weighted by molar-refractivity contribution is 5.97. The van der Waals surface area contributed by atoms with E-state index in [1.54, 1.807) is 6.20 Å². The van der Waals surface area contributed by atoms with Crippen molar-refractivity contribution in [1.82, 2.24) is 9.78 Å². The molecule has 0 aliphatic rings. The maximum Gasteiger partial charge on any atom is 0.167 e. The molecule has 0 saturated carbocycles. The first kappa shape index (κ1) is 13.3. The van der Waals surface area contributed by atoms with Crippen LogP contribution in [0.4, 0.5) is 5.69 Å². The van der Waals surface area contributed by atoms with E-state index in [0.29, 0.717) is 6.42 Å². The Morgan fingerprint density at radius 2 is 1.95 bits per heavy atom. The zero-order valence-electron chi connectivity index (χ0n) is 11.6. The Morgan fingerprint density at radius 1 is 1.26 bits per heavy atom. The third-order valence-electron chi connectivity index (χ3n) is 3.08. The highest BCUT2D eigenvalue weighted by Crippen LogP contribution is 2.14. The molecule has 100 valence electrons. The Kier molecular flexibility index (Phi) is 4.00. The first-order valence-corrected chi connectivity index (χ1v) is 6.42. The summed E-state index contributed by atoms with van der Waals surface area (Å²) < 4.78 is 1.83.